The van der Waals surface area contributed by atoms with Crippen LogP contribution in [-0.4, -0.2) is 35.1 Å². The lowest BCUT2D eigenvalue weighted by Crippen LogP contribution is -2.35. The highest BCUT2D eigenvalue weighted by atomic mass is 16.4. The van der Waals surface area contributed by atoms with Crippen LogP contribution in [0.25, 0.3) is 0 Å². The Hall–Kier alpha value is -2.86. The molecule has 1 fully saturated rings. The number of carbonyl (C=O) groups is 2. The lowest BCUT2D eigenvalue weighted by molar-refractivity contribution is 0.0697. The molecule has 2 aliphatic rings. The fourth-order valence-corrected chi connectivity index (χ4v) is 4.45. The van der Waals surface area contributed by atoms with Crippen LogP contribution in [0.4, 0.5) is 16.2 Å². The van der Waals surface area contributed by atoms with Crippen molar-refractivity contribution in [2.45, 2.75) is 57.0 Å². The first-order valence-corrected chi connectivity index (χ1v) is 10.5. The summed E-state index contributed by atoms with van der Waals surface area (Å²) in [6.45, 7) is 4.54. The Morgan fingerprint density at radius 1 is 1.00 bits per heavy atom. The van der Waals surface area contributed by atoms with Crippen molar-refractivity contribution >= 4 is 23.4 Å². The number of fused-ring (bicyclic) bond motifs is 1. The molecule has 2 aromatic rings. The van der Waals surface area contributed by atoms with Crippen molar-refractivity contribution in [3.63, 3.8) is 0 Å². The number of rotatable bonds is 5. The van der Waals surface area contributed by atoms with E-state index in [2.05, 4.69) is 48.6 Å². The number of aromatic carboxylic acids is 1. The molecule has 30 heavy (non-hydrogen) atoms. The zero-order chi connectivity index (χ0) is 21.5. The largest absolute Gasteiger partial charge is 0.478 e. The average Bonchev–Trinajstić information content (AvgIpc) is 3.54. The van der Waals surface area contributed by atoms with Gasteiger partial charge >= 0.3 is 12.0 Å². The van der Waals surface area contributed by atoms with E-state index >= 15 is 0 Å². The summed E-state index contributed by atoms with van der Waals surface area (Å²) in [4.78, 5) is 25.9. The number of hydrogen-bond acceptors (Lipinski definition) is 3. The number of hydrogen-bond donors (Lipinski definition) is 3. The van der Waals surface area contributed by atoms with Gasteiger partial charge in [-0.05, 0) is 85.7 Å². The van der Waals surface area contributed by atoms with Crippen LogP contribution < -0.4 is 10.6 Å². The molecule has 1 saturated carbocycles. The monoisotopic (exact) mass is 407 g/mol. The maximum Gasteiger partial charge on any atom is 0.335 e. The zero-order valence-corrected chi connectivity index (χ0v) is 17.7. The fourth-order valence-electron chi connectivity index (χ4n) is 4.45. The van der Waals surface area contributed by atoms with Gasteiger partial charge in [-0.3, -0.25) is 4.90 Å². The first-order valence-electron chi connectivity index (χ1n) is 10.5. The van der Waals surface area contributed by atoms with Gasteiger partial charge in [0.05, 0.1) is 5.56 Å². The van der Waals surface area contributed by atoms with E-state index in [1.165, 1.54) is 36.1 Å². The van der Waals surface area contributed by atoms with Gasteiger partial charge in [-0.2, -0.15) is 0 Å². The second kappa shape index (κ2) is 7.76. The number of carboxylic acids is 1. The third-order valence-corrected chi connectivity index (χ3v) is 6.45. The summed E-state index contributed by atoms with van der Waals surface area (Å²) in [7, 11) is 2.24. The standard InChI is InChI=1S/C24H29N3O3/c1-24(2)13-12-21(27(3)18-9-10-18)19-11-8-17(14-20(19)24)26-23(30)25-16-6-4-15(5-7-16)22(28)29/h4-8,11,14,18,21H,9-10,12-13H2,1-3H3,(H,28,29)(H2,25,26,30). The molecule has 4 rings (SSSR count). The molecule has 2 amide bonds. The van der Waals surface area contributed by atoms with Crippen molar-refractivity contribution in [1.82, 2.24) is 4.90 Å². The van der Waals surface area contributed by atoms with Gasteiger partial charge in [0.15, 0.2) is 0 Å². The van der Waals surface area contributed by atoms with Crippen LogP contribution >= 0.6 is 0 Å². The SMILES string of the molecule is CN(C1CC1)C1CCC(C)(C)c2cc(NC(=O)Nc3ccc(C(=O)O)cc3)ccc21. The number of benzene rings is 2. The molecule has 0 aromatic heterocycles. The molecule has 1 atom stereocenters. The van der Waals surface area contributed by atoms with Crippen molar-refractivity contribution < 1.29 is 14.7 Å². The summed E-state index contributed by atoms with van der Waals surface area (Å²) >= 11 is 0. The van der Waals surface area contributed by atoms with Crippen LogP contribution in [0.2, 0.25) is 0 Å². The van der Waals surface area contributed by atoms with E-state index in [4.69, 9.17) is 5.11 Å². The van der Waals surface area contributed by atoms with Gasteiger partial charge < -0.3 is 15.7 Å². The minimum Gasteiger partial charge on any atom is -0.478 e. The lowest BCUT2D eigenvalue weighted by atomic mass is 9.70. The van der Waals surface area contributed by atoms with Gasteiger partial charge in [0.2, 0.25) is 0 Å². The van der Waals surface area contributed by atoms with Crippen molar-refractivity contribution in [3.8, 4) is 0 Å². The Labute approximate surface area is 177 Å². The zero-order valence-electron chi connectivity index (χ0n) is 17.7. The molecule has 2 aliphatic carbocycles. The van der Waals surface area contributed by atoms with Crippen molar-refractivity contribution in [1.29, 1.82) is 0 Å². The smallest absolute Gasteiger partial charge is 0.335 e. The van der Waals surface area contributed by atoms with E-state index in [0.717, 1.165) is 18.5 Å². The van der Waals surface area contributed by atoms with E-state index < -0.39 is 5.97 Å². The second-order valence-corrected chi connectivity index (χ2v) is 9.10. The molecule has 3 N–H and O–H groups in total. The van der Waals surface area contributed by atoms with E-state index in [0.29, 0.717) is 17.8 Å². The van der Waals surface area contributed by atoms with Gasteiger partial charge in [-0.15, -0.1) is 0 Å². The molecule has 0 aliphatic heterocycles. The first kappa shape index (κ1) is 20.4. The van der Waals surface area contributed by atoms with Gasteiger partial charge in [-0.25, -0.2) is 9.59 Å². The minimum absolute atomic E-state index is 0.0665. The maximum atomic E-state index is 12.5. The number of amides is 2. The third-order valence-electron chi connectivity index (χ3n) is 6.45. The predicted octanol–water partition coefficient (Wildman–Crippen LogP) is 5.24. The topological polar surface area (TPSA) is 81.7 Å². The van der Waals surface area contributed by atoms with Crippen molar-refractivity contribution in [2.24, 2.45) is 0 Å². The highest BCUT2D eigenvalue weighted by Gasteiger charge is 2.38. The van der Waals surface area contributed by atoms with Crippen molar-refractivity contribution in [2.75, 3.05) is 17.7 Å². The molecule has 6 nitrogen and oxygen atoms in total. The van der Waals surface area contributed by atoms with Crippen LogP contribution in [0.3, 0.4) is 0 Å². The molecule has 0 bridgehead atoms. The number of urea groups is 1. The van der Waals surface area contributed by atoms with E-state index in [1.807, 2.05) is 6.07 Å². The van der Waals surface area contributed by atoms with Gasteiger partial charge in [-0.1, -0.05) is 19.9 Å². The maximum absolute atomic E-state index is 12.5. The number of nitrogens with zero attached hydrogens (tertiary/aromatic N) is 1. The van der Waals surface area contributed by atoms with E-state index in [-0.39, 0.29) is 17.0 Å². The normalized spacial score (nSPS) is 19.8. The second-order valence-electron chi connectivity index (χ2n) is 9.10. The predicted molar refractivity (Wildman–Crippen MR) is 118 cm³/mol. The summed E-state index contributed by atoms with van der Waals surface area (Å²) in [5.41, 5.74) is 4.23. The van der Waals surface area contributed by atoms with Crippen LogP contribution in [0.1, 0.15) is 67.1 Å². The molecule has 1 unspecified atom stereocenters. The first-order chi connectivity index (χ1) is 14.2. The number of anilines is 2. The third kappa shape index (κ3) is 4.19. The van der Waals surface area contributed by atoms with Gasteiger partial charge in [0.25, 0.3) is 0 Å². The lowest BCUT2D eigenvalue weighted by Gasteiger charge is -2.41. The van der Waals surface area contributed by atoms with Crippen LogP contribution in [0.15, 0.2) is 42.5 Å². The minimum atomic E-state index is -0.992. The summed E-state index contributed by atoms with van der Waals surface area (Å²) in [6.07, 6.45) is 4.86. The Morgan fingerprint density at radius 3 is 2.27 bits per heavy atom. The Bertz CT molecular complexity index is 964. The van der Waals surface area contributed by atoms with Crippen molar-refractivity contribution in [3.05, 3.63) is 59.2 Å². The van der Waals surface area contributed by atoms with Gasteiger partial charge in [0, 0.05) is 23.5 Å². The molecule has 6 heteroatoms. The van der Waals surface area contributed by atoms with E-state index in [9.17, 15) is 9.59 Å². The summed E-state index contributed by atoms with van der Waals surface area (Å²) in [5.74, 6) is -0.992. The highest BCUT2D eigenvalue weighted by molar-refractivity contribution is 6.00. The molecular formula is C24H29N3O3. The molecular weight excluding hydrogens is 378 g/mol. The Kier molecular flexibility index (Phi) is 5.28. The molecule has 0 saturated heterocycles. The molecule has 0 heterocycles. The van der Waals surface area contributed by atoms with Crippen LogP contribution in [-0.2, 0) is 5.41 Å². The molecule has 0 spiro atoms. The van der Waals surface area contributed by atoms with Crippen LogP contribution in [0.5, 0.6) is 0 Å². The van der Waals surface area contributed by atoms with E-state index in [1.54, 1.807) is 12.1 Å². The molecule has 2 aromatic carbocycles. The number of carbonyl (C=O) groups excluding carboxylic acids is 1. The Morgan fingerprint density at radius 2 is 1.63 bits per heavy atom. The summed E-state index contributed by atoms with van der Waals surface area (Å²) in [5, 5.41) is 14.6. The molecule has 158 valence electrons. The quantitative estimate of drug-likeness (QED) is 0.633. The fraction of sp³-hybridized carbons (Fsp3) is 0.417. The molecule has 0 radical (unpaired) electrons. The average molecular weight is 408 g/mol. The number of carboxylic acid groups (broad SMARTS) is 1. The highest BCUT2D eigenvalue weighted by Crippen LogP contribution is 2.46. The summed E-state index contributed by atoms with van der Waals surface area (Å²) in [6, 6.07) is 13.1. The number of nitrogens with one attached hydrogen (secondary N) is 2. The van der Waals surface area contributed by atoms with Gasteiger partial charge in [0.1, 0.15) is 0 Å². The Balaban J connectivity index is 1.49. The summed E-state index contributed by atoms with van der Waals surface area (Å²) < 4.78 is 0. The van der Waals surface area contributed by atoms with Crippen LogP contribution in [0, 0.1) is 0 Å².